The maximum absolute atomic E-state index is 13.8. The van der Waals surface area contributed by atoms with Gasteiger partial charge in [0.2, 0.25) is 11.9 Å². The highest BCUT2D eigenvalue weighted by atomic mass is 16.2. The van der Waals surface area contributed by atoms with Crippen LogP contribution in [0.2, 0.25) is 0 Å². The number of hydrogen-bond donors (Lipinski definition) is 0. The average molecular weight is 479 g/mol. The number of carbonyl (C=O) groups is 2. The molecule has 0 aliphatic carbocycles. The molecule has 0 spiro atoms. The van der Waals surface area contributed by atoms with Crippen molar-refractivity contribution in [1.29, 1.82) is 0 Å². The van der Waals surface area contributed by atoms with Gasteiger partial charge in [-0.25, -0.2) is 9.97 Å². The number of para-hydroxylation sites is 1. The number of piperidine rings is 1. The third-order valence-corrected chi connectivity index (χ3v) is 7.25. The van der Waals surface area contributed by atoms with Gasteiger partial charge in [-0.2, -0.15) is 0 Å². The highest BCUT2D eigenvalue weighted by molar-refractivity contribution is 5.95. The van der Waals surface area contributed by atoms with Gasteiger partial charge in [0.15, 0.2) is 0 Å². The zero-order valence-corrected chi connectivity index (χ0v) is 21.5. The molecule has 0 radical (unpaired) electrons. The van der Waals surface area contributed by atoms with Crippen molar-refractivity contribution < 1.29 is 9.59 Å². The molecule has 1 fully saturated rings. The van der Waals surface area contributed by atoms with Gasteiger partial charge in [-0.3, -0.25) is 9.59 Å². The minimum Gasteiger partial charge on any atom is -0.341 e. The molecule has 2 aliphatic rings. The Kier molecular flexibility index (Phi) is 8.00. The van der Waals surface area contributed by atoms with Gasteiger partial charge in [0.25, 0.3) is 5.91 Å². The number of rotatable bonds is 2. The first-order valence-corrected chi connectivity index (χ1v) is 12.8. The van der Waals surface area contributed by atoms with Crippen molar-refractivity contribution in [2.75, 3.05) is 56.1 Å². The maximum Gasteiger partial charge on any atom is 0.257 e. The molecule has 8 heteroatoms. The number of carbonyl (C=O) groups excluding carboxylic acids is 2. The molecule has 188 valence electrons. The van der Waals surface area contributed by atoms with Gasteiger partial charge in [0.1, 0.15) is 0 Å². The van der Waals surface area contributed by atoms with E-state index < -0.39 is 0 Å². The largest absolute Gasteiger partial charge is 0.341 e. The zero-order valence-electron chi connectivity index (χ0n) is 21.5. The second-order valence-corrected chi connectivity index (χ2v) is 10.0. The van der Waals surface area contributed by atoms with Crippen LogP contribution >= 0.6 is 0 Å². The normalized spacial score (nSPS) is 18.7. The lowest BCUT2D eigenvalue weighted by molar-refractivity contribution is -0.116. The van der Waals surface area contributed by atoms with Crippen LogP contribution in [0, 0.1) is 12.8 Å². The molecule has 0 saturated carbocycles. The van der Waals surface area contributed by atoms with E-state index in [9.17, 15) is 9.59 Å². The number of amides is 2. The molecule has 2 aromatic rings. The summed E-state index contributed by atoms with van der Waals surface area (Å²) in [5.41, 5.74) is 3.10. The van der Waals surface area contributed by atoms with E-state index in [-0.39, 0.29) is 11.8 Å². The summed E-state index contributed by atoms with van der Waals surface area (Å²) in [5.74, 6) is 1.39. The molecular weight excluding hydrogens is 440 g/mol. The minimum atomic E-state index is -0.0712. The molecule has 35 heavy (non-hydrogen) atoms. The van der Waals surface area contributed by atoms with Gasteiger partial charge in [-0.05, 0) is 57.3 Å². The number of aryl methyl sites for hydroxylation is 1. The van der Waals surface area contributed by atoms with Gasteiger partial charge < -0.3 is 19.6 Å². The van der Waals surface area contributed by atoms with Crippen LogP contribution in [-0.4, -0.2) is 77.9 Å². The molecule has 0 atom stereocenters. The minimum absolute atomic E-state index is 0.0177. The summed E-state index contributed by atoms with van der Waals surface area (Å²) in [6, 6.07) is 7.90. The lowest BCUT2D eigenvalue weighted by atomic mass is 10.00. The first kappa shape index (κ1) is 25.1. The molecule has 1 aromatic carbocycles. The summed E-state index contributed by atoms with van der Waals surface area (Å²) in [6.07, 6.45) is 4.85. The third kappa shape index (κ3) is 5.99. The lowest BCUT2D eigenvalue weighted by Gasteiger charge is -2.31. The number of aromatic nitrogens is 2. The van der Waals surface area contributed by atoms with Crippen molar-refractivity contribution in [2.24, 2.45) is 5.92 Å². The SMILES string of the molecule is CC(=O)N1CCCN(C)CCN(C(=O)c2cnc(N3CCC(C)CC3)nc2C)Cc2ccccc21. The molecule has 0 bridgehead atoms. The predicted molar refractivity (Wildman–Crippen MR) is 139 cm³/mol. The van der Waals surface area contributed by atoms with E-state index in [1.165, 1.54) is 0 Å². The summed E-state index contributed by atoms with van der Waals surface area (Å²) in [6.45, 7) is 11.0. The van der Waals surface area contributed by atoms with E-state index in [1.54, 1.807) is 13.1 Å². The molecule has 3 heterocycles. The Labute approximate surface area is 208 Å². The number of nitrogens with zero attached hydrogens (tertiary/aromatic N) is 6. The van der Waals surface area contributed by atoms with E-state index >= 15 is 0 Å². The van der Waals surface area contributed by atoms with Crippen LogP contribution in [0.15, 0.2) is 30.5 Å². The molecule has 1 saturated heterocycles. The fraction of sp³-hybridized carbons (Fsp3) is 0.556. The molecule has 4 rings (SSSR count). The summed E-state index contributed by atoms with van der Waals surface area (Å²) >= 11 is 0. The molecular formula is C27H38N6O2. The van der Waals surface area contributed by atoms with Crippen LogP contribution in [-0.2, 0) is 11.3 Å². The average Bonchev–Trinajstić information content (AvgIpc) is 2.87. The van der Waals surface area contributed by atoms with E-state index in [0.29, 0.717) is 36.8 Å². The van der Waals surface area contributed by atoms with Crippen molar-refractivity contribution in [3.63, 3.8) is 0 Å². The standard InChI is InChI=1S/C27H38N6O2/c1-20-10-14-31(15-11-20)27-28-18-24(21(2)29-27)26(35)32-17-16-30(4)12-7-13-33(22(3)34)25-9-6-5-8-23(25)19-32/h5-6,8-9,18,20H,7,10-17,19H2,1-4H3. The first-order chi connectivity index (χ1) is 16.8. The second kappa shape index (κ2) is 11.2. The van der Waals surface area contributed by atoms with Crippen LogP contribution in [0.25, 0.3) is 0 Å². The van der Waals surface area contributed by atoms with Crippen LogP contribution in [0.1, 0.15) is 54.7 Å². The molecule has 0 N–H and O–H groups in total. The molecule has 8 nitrogen and oxygen atoms in total. The molecule has 2 amide bonds. The summed E-state index contributed by atoms with van der Waals surface area (Å²) in [5, 5.41) is 0. The van der Waals surface area contributed by atoms with Crippen molar-refractivity contribution in [3.05, 3.63) is 47.3 Å². The Morgan fingerprint density at radius 2 is 1.74 bits per heavy atom. The Morgan fingerprint density at radius 3 is 2.46 bits per heavy atom. The highest BCUT2D eigenvalue weighted by Crippen LogP contribution is 2.25. The van der Waals surface area contributed by atoms with Crippen molar-refractivity contribution in [3.8, 4) is 0 Å². The maximum atomic E-state index is 13.8. The summed E-state index contributed by atoms with van der Waals surface area (Å²) in [4.78, 5) is 43.7. The van der Waals surface area contributed by atoms with Crippen LogP contribution < -0.4 is 9.80 Å². The van der Waals surface area contributed by atoms with E-state index in [1.807, 2.05) is 41.0 Å². The van der Waals surface area contributed by atoms with E-state index in [4.69, 9.17) is 4.98 Å². The molecule has 2 aliphatic heterocycles. The Balaban J connectivity index is 1.61. The Morgan fingerprint density at radius 1 is 1.00 bits per heavy atom. The number of fused-ring (bicyclic) bond motifs is 1. The Hall–Kier alpha value is -3.00. The lowest BCUT2D eigenvalue weighted by Crippen LogP contribution is -2.38. The summed E-state index contributed by atoms with van der Waals surface area (Å²) < 4.78 is 0. The Bertz CT molecular complexity index is 1050. The number of benzene rings is 1. The van der Waals surface area contributed by atoms with Gasteiger partial charge in [0, 0.05) is 58.1 Å². The van der Waals surface area contributed by atoms with Gasteiger partial charge in [-0.15, -0.1) is 0 Å². The number of likely N-dealkylation sites (N-methyl/N-ethyl adjacent to an activating group) is 1. The van der Waals surface area contributed by atoms with Crippen LogP contribution in [0.4, 0.5) is 11.6 Å². The van der Waals surface area contributed by atoms with Crippen molar-refractivity contribution in [2.45, 2.75) is 46.6 Å². The van der Waals surface area contributed by atoms with Gasteiger partial charge in [0.05, 0.1) is 11.3 Å². The predicted octanol–water partition coefficient (Wildman–Crippen LogP) is 3.35. The number of anilines is 2. The topological polar surface area (TPSA) is 72.9 Å². The van der Waals surface area contributed by atoms with Gasteiger partial charge in [-0.1, -0.05) is 25.1 Å². The van der Waals surface area contributed by atoms with Crippen molar-refractivity contribution >= 4 is 23.5 Å². The quantitative estimate of drug-likeness (QED) is 0.659. The summed E-state index contributed by atoms with van der Waals surface area (Å²) in [7, 11) is 2.06. The fourth-order valence-electron chi connectivity index (χ4n) is 4.91. The van der Waals surface area contributed by atoms with E-state index in [0.717, 1.165) is 62.6 Å². The second-order valence-electron chi connectivity index (χ2n) is 10.0. The van der Waals surface area contributed by atoms with E-state index in [2.05, 4.69) is 28.8 Å². The van der Waals surface area contributed by atoms with Crippen LogP contribution in [0.5, 0.6) is 0 Å². The fourth-order valence-corrected chi connectivity index (χ4v) is 4.91. The molecule has 1 aromatic heterocycles. The van der Waals surface area contributed by atoms with Crippen molar-refractivity contribution in [1.82, 2.24) is 19.8 Å². The monoisotopic (exact) mass is 478 g/mol. The van der Waals surface area contributed by atoms with Gasteiger partial charge >= 0.3 is 0 Å². The zero-order chi connectivity index (χ0) is 24.9. The third-order valence-electron chi connectivity index (χ3n) is 7.25. The first-order valence-electron chi connectivity index (χ1n) is 12.8. The smallest absolute Gasteiger partial charge is 0.257 e. The molecule has 0 unspecified atom stereocenters. The van der Waals surface area contributed by atoms with Crippen LogP contribution in [0.3, 0.4) is 0 Å². The highest BCUT2D eigenvalue weighted by Gasteiger charge is 2.25. The number of hydrogen-bond acceptors (Lipinski definition) is 6.